The molecule has 0 aromatic rings. The van der Waals surface area contributed by atoms with E-state index >= 15 is 0 Å². The Morgan fingerprint density at radius 1 is 1.38 bits per heavy atom. The molecule has 0 N–H and O–H groups in total. The number of rotatable bonds is 2. The molecule has 0 aliphatic heterocycles. The SMILES string of the molecule is Cl[Si](Cl)(Cl)[C@@H](Br)CBr. The molecular formula is C2H3Br2Cl3Si. The molecule has 0 spiro atoms. The minimum Gasteiger partial charge on any atom is -0.125 e. The molecule has 0 unspecified atom stereocenters. The van der Waals surface area contributed by atoms with Crippen molar-refractivity contribution in [2.45, 2.75) is 4.45 Å². The van der Waals surface area contributed by atoms with Gasteiger partial charge >= 0.3 is 6.00 Å². The second-order valence-corrected chi connectivity index (χ2v) is 12.6. The lowest BCUT2D eigenvalue weighted by Gasteiger charge is -2.11. The van der Waals surface area contributed by atoms with E-state index in [0.717, 1.165) is 0 Å². The molecule has 0 nitrogen and oxygen atoms in total. The zero-order valence-corrected chi connectivity index (χ0v) is 10.1. The minimum atomic E-state index is -2.47. The first kappa shape index (κ1) is 10.0. The molecule has 0 amide bonds. The normalized spacial score (nSPS) is 16.1. The van der Waals surface area contributed by atoms with E-state index in [1.165, 1.54) is 0 Å². The quantitative estimate of drug-likeness (QED) is 0.416. The maximum absolute atomic E-state index is 5.58. The third-order valence-corrected chi connectivity index (χ3v) is 10.6. The van der Waals surface area contributed by atoms with Crippen molar-refractivity contribution in [1.29, 1.82) is 0 Å². The van der Waals surface area contributed by atoms with Crippen molar-refractivity contribution < 1.29 is 0 Å². The Balaban J connectivity index is 3.62. The van der Waals surface area contributed by atoms with Gasteiger partial charge in [-0.25, -0.2) is 0 Å². The Kier molecular flexibility index (Phi) is 5.07. The molecular weight excluding hydrogens is 318 g/mol. The van der Waals surface area contributed by atoms with Gasteiger partial charge in [0.15, 0.2) is 0 Å². The lowest BCUT2D eigenvalue weighted by atomic mass is 11.0. The molecule has 0 bridgehead atoms. The highest BCUT2D eigenvalue weighted by molar-refractivity contribution is 9.12. The average molecular weight is 321 g/mol. The van der Waals surface area contributed by atoms with Crippen LogP contribution in [0.15, 0.2) is 0 Å². The fourth-order valence-corrected chi connectivity index (χ4v) is 4.09. The molecule has 6 heteroatoms. The highest BCUT2D eigenvalue weighted by Crippen LogP contribution is 2.30. The zero-order chi connectivity index (χ0) is 6.78. The molecule has 0 saturated carbocycles. The highest BCUT2D eigenvalue weighted by Gasteiger charge is 2.33. The molecule has 0 aromatic carbocycles. The molecule has 1 atom stereocenters. The van der Waals surface area contributed by atoms with Gasteiger partial charge in [-0.2, -0.15) is 0 Å². The molecule has 0 aliphatic carbocycles. The van der Waals surface area contributed by atoms with Crippen molar-refractivity contribution in [2.75, 3.05) is 5.33 Å². The van der Waals surface area contributed by atoms with Crippen LogP contribution in [0.3, 0.4) is 0 Å². The van der Waals surface area contributed by atoms with Crippen molar-refractivity contribution in [2.24, 2.45) is 0 Å². The summed E-state index contributed by atoms with van der Waals surface area (Å²) in [6, 6.07) is -2.47. The third-order valence-electron chi connectivity index (χ3n) is 0.491. The first-order valence-corrected chi connectivity index (χ1v) is 8.90. The van der Waals surface area contributed by atoms with Gasteiger partial charge in [-0.15, -0.1) is 33.2 Å². The van der Waals surface area contributed by atoms with Crippen LogP contribution in [0.2, 0.25) is 0 Å². The van der Waals surface area contributed by atoms with E-state index in [9.17, 15) is 0 Å². The van der Waals surface area contributed by atoms with Gasteiger partial charge in [0.05, 0.1) is 4.45 Å². The summed E-state index contributed by atoms with van der Waals surface area (Å²) < 4.78 is 0.0139. The largest absolute Gasteiger partial charge is 0.355 e. The molecule has 0 aromatic heterocycles. The molecule has 0 fully saturated rings. The first-order valence-electron chi connectivity index (χ1n) is 1.75. The van der Waals surface area contributed by atoms with E-state index < -0.39 is 6.00 Å². The van der Waals surface area contributed by atoms with Crippen LogP contribution in [-0.4, -0.2) is 15.8 Å². The summed E-state index contributed by atoms with van der Waals surface area (Å²) in [6.45, 7) is 0. The lowest BCUT2D eigenvalue weighted by Crippen LogP contribution is -2.26. The fourth-order valence-electron chi connectivity index (χ4n) is 0.0875. The van der Waals surface area contributed by atoms with Crippen molar-refractivity contribution in [3.63, 3.8) is 0 Å². The van der Waals surface area contributed by atoms with Crippen molar-refractivity contribution in [3.05, 3.63) is 0 Å². The zero-order valence-electron chi connectivity index (χ0n) is 3.67. The molecule has 0 radical (unpaired) electrons. The van der Waals surface area contributed by atoms with Crippen LogP contribution in [0.1, 0.15) is 0 Å². The second-order valence-electron chi connectivity index (χ2n) is 1.16. The summed E-state index contributed by atoms with van der Waals surface area (Å²) in [4.78, 5) is 0. The molecule has 0 aliphatic rings. The molecule has 8 heavy (non-hydrogen) atoms. The van der Waals surface area contributed by atoms with Crippen LogP contribution >= 0.6 is 65.1 Å². The number of hydrogen-bond donors (Lipinski definition) is 0. The van der Waals surface area contributed by atoms with Crippen molar-refractivity contribution >= 4 is 71.1 Å². The summed E-state index contributed by atoms with van der Waals surface area (Å²) in [6.07, 6.45) is 0. The third kappa shape index (κ3) is 3.96. The van der Waals surface area contributed by atoms with Gasteiger partial charge in [-0.1, -0.05) is 31.9 Å². The number of alkyl halides is 2. The van der Waals surface area contributed by atoms with E-state index in [-0.39, 0.29) is 4.45 Å². The fraction of sp³-hybridized carbons (Fsp3) is 1.00. The van der Waals surface area contributed by atoms with Gasteiger partial charge in [-0.05, 0) is 0 Å². The Bertz CT molecular complexity index is 72.2. The van der Waals surface area contributed by atoms with Gasteiger partial charge in [0.2, 0.25) is 0 Å². The lowest BCUT2D eigenvalue weighted by molar-refractivity contribution is 1.46. The monoisotopic (exact) mass is 318 g/mol. The van der Waals surface area contributed by atoms with Crippen LogP contribution < -0.4 is 0 Å². The van der Waals surface area contributed by atoms with Gasteiger partial charge in [0.25, 0.3) is 0 Å². The van der Waals surface area contributed by atoms with Crippen LogP contribution in [0, 0.1) is 0 Å². The topological polar surface area (TPSA) is 0 Å². The Morgan fingerprint density at radius 2 is 1.75 bits per heavy atom. The van der Waals surface area contributed by atoms with E-state index in [2.05, 4.69) is 31.9 Å². The minimum absolute atomic E-state index is 0.0139. The summed E-state index contributed by atoms with van der Waals surface area (Å²) >= 11 is 23.1. The molecule has 0 heterocycles. The maximum atomic E-state index is 5.58. The average Bonchev–Trinajstić information content (AvgIpc) is 1.62. The van der Waals surface area contributed by atoms with Crippen LogP contribution in [0.5, 0.6) is 0 Å². The van der Waals surface area contributed by atoms with Crippen molar-refractivity contribution in [1.82, 2.24) is 0 Å². The Hall–Kier alpha value is 2.05. The van der Waals surface area contributed by atoms with E-state index in [4.69, 9.17) is 33.2 Å². The van der Waals surface area contributed by atoms with Gasteiger partial charge in [0.1, 0.15) is 0 Å². The summed E-state index contributed by atoms with van der Waals surface area (Å²) in [5.74, 6) is 0. The van der Waals surface area contributed by atoms with E-state index in [1.54, 1.807) is 0 Å². The Morgan fingerprint density at radius 3 is 1.75 bits per heavy atom. The smallest absolute Gasteiger partial charge is 0.125 e. The number of halogens is 5. The molecule has 0 rings (SSSR count). The van der Waals surface area contributed by atoms with Gasteiger partial charge in [0, 0.05) is 5.33 Å². The van der Waals surface area contributed by atoms with Crippen molar-refractivity contribution in [3.8, 4) is 0 Å². The van der Waals surface area contributed by atoms with Crippen LogP contribution in [-0.2, 0) is 0 Å². The van der Waals surface area contributed by atoms with E-state index in [0.29, 0.717) is 5.33 Å². The van der Waals surface area contributed by atoms with Crippen LogP contribution in [0.4, 0.5) is 0 Å². The maximum Gasteiger partial charge on any atom is 0.355 e. The van der Waals surface area contributed by atoms with Crippen LogP contribution in [0.25, 0.3) is 0 Å². The first-order chi connectivity index (χ1) is 3.48. The molecule has 0 saturated heterocycles. The molecule has 50 valence electrons. The number of hydrogen-bond acceptors (Lipinski definition) is 0. The summed E-state index contributed by atoms with van der Waals surface area (Å²) in [5.41, 5.74) is 0. The van der Waals surface area contributed by atoms with E-state index in [1.807, 2.05) is 0 Å². The predicted octanol–water partition coefficient (Wildman–Crippen LogP) is 3.34. The van der Waals surface area contributed by atoms with Gasteiger partial charge < -0.3 is 0 Å². The van der Waals surface area contributed by atoms with Gasteiger partial charge in [-0.3, -0.25) is 0 Å². The second kappa shape index (κ2) is 4.04. The predicted molar refractivity (Wildman–Crippen MR) is 49.8 cm³/mol. The summed E-state index contributed by atoms with van der Waals surface area (Å²) in [7, 11) is 0. The highest BCUT2D eigenvalue weighted by atomic mass is 79.9. The standard InChI is InChI=1S/C2H3Br2Cl3Si/c3-1-2(4)8(5,6)7/h2H,1H2/t2-/m1/s1. The Labute approximate surface area is 80.2 Å². The summed E-state index contributed by atoms with van der Waals surface area (Å²) in [5, 5.41) is 0.690.